The molecule has 3 aromatic carbocycles. The lowest BCUT2D eigenvalue weighted by Gasteiger charge is -2.08. The summed E-state index contributed by atoms with van der Waals surface area (Å²) in [6.07, 6.45) is 3.25. The summed E-state index contributed by atoms with van der Waals surface area (Å²) in [5.74, 6) is -0.700. The quantitative estimate of drug-likeness (QED) is 0.0808. The Morgan fingerprint density at radius 3 is 1.50 bits per heavy atom. The first-order valence-electron chi connectivity index (χ1n) is 12.7. The molecule has 9 heteroatoms. The van der Waals surface area contributed by atoms with Crippen molar-refractivity contribution >= 4 is 24.1 Å². The van der Waals surface area contributed by atoms with Crippen molar-refractivity contribution in [3.63, 3.8) is 0 Å². The van der Waals surface area contributed by atoms with Gasteiger partial charge in [-0.05, 0) is 93.3 Å². The van der Waals surface area contributed by atoms with Crippen LogP contribution < -0.4 is 14.2 Å². The Morgan fingerprint density at radius 1 is 0.600 bits per heavy atom. The molecule has 0 spiro atoms. The van der Waals surface area contributed by atoms with E-state index in [0.717, 1.165) is 24.5 Å². The summed E-state index contributed by atoms with van der Waals surface area (Å²) in [6.45, 7) is 5.78. The normalized spacial score (nSPS) is 10.2. The van der Waals surface area contributed by atoms with E-state index >= 15 is 0 Å². The summed E-state index contributed by atoms with van der Waals surface area (Å²) >= 11 is 0. The average Bonchev–Trinajstić information content (AvgIpc) is 2.96. The second kappa shape index (κ2) is 15.5. The molecule has 208 valence electrons. The lowest BCUT2D eigenvalue weighted by Crippen LogP contribution is -2.12. The molecule has 3 aromatic rings. The first-order valence-corrected chi connectivity index (χ1v) is 12.7. The highest BCUT2D eigenvalue weighted by atomic mass is 16.7. The molecule has 0 radical (unpaired) electrons. The average molecular weight is 547 g/mol. The van der Waals surface area contributed by atoms with Crippen molar-refractivity contribution in [3.8, 4) is 17.2 Å². The second-order valence-electron chi connectivity index (χ2n) is 8.63. The van der Waals surface area contributed by atoms with Crippen molar-refractivity contribution in [2.45, 2.75) is 32.6 Å². The molecule has 0 unspecified atom stereocenters. The molecule has 0 aromatic heterocycles. The van der Waals surface area contributed by atoms with Gasteiger partial charge in [0.2, 0.25) is 0 Å². The van der Waals surface area contributed by atoms with Crippen LogP contribution in [0.4, 0.5) is 4.79 Å². The molecular formula is C31H30O9. The first-order chi connectivity index (χ1) is 19.3. The second-order valence-corrected chi connectivity index (χ2v) is 8.63. The molecule has 0 saturated heterocycles. The summed E-state index contributed by atoms with van der Waals surface area (Å²) in [5, 5.41) is 0. The third-order valence-electron chi connectivity index (χ3n) is 5.49. The number of carbonyl (C=O) groups excluding carboxylic acids is 4. The van der Waals surface area contributed by atoms with E-state index in [0.29, 0.717) is 30.8 Å². The van der Waals surface area contributed by atoms with Crippen LogP contribution in [0.1, 0.15) is 52.0 Å². The number of rotatable bonds is 13. The van der Waals surface area contributed by atoms with Crippen LogP contribution in [0.3, 0.4) is 0 Å². The molecule has 0 atom stereocenters. The van der Waals surface area contributed by atoms with Crippen LogP contribution in [0.5, 0.6) is 17.2 Å². The van der Waals surface area contributed by atoms with E-state index < -0.39 is 24.1 Å². The smallest absolute Gasteiger partial charge is 0.463 e. The summed E-state index contributed by atoms with van der Waals surface area (Å²) < 4.78 is 25.7. The fourth-order valence-electron chi connectivity index (χ4n) is 3.33. The number of ether oxygens (including phenoxy) is 5. The summed E-state index contributed by atoms with van der Waals surface area (Å²) in [5.41, 5.74) is 1.60. The van der Waals surface area contributed by atoms with Gasteiger partial charge in [-0.3, -0.25) is 0 Å². The maximum absolute atomic E-state index is 12.5. The summed E-state index contributed by atoms with van der Waals surface area (Å²) in [4.78, 5) is 47.6. The fourth-order valence-corrected chi connectivity index (χ4v) is 3.33. The van der Waals surface area contributed by atoms with Gasteiger partial charge in [-0.1, -0.05) is 24.3 Å². The van der Waals surface area contributed by atoms with E-state index in [4.69, 9.17) is 23.7 Å². The van der Waals surface area contributed by atoms with Gasteiger partial charge < -0.3 is 23.7 Å². The maximum atomic E-state index is 12.5. The molecule has 9 nitrogen and oxygen atoms in total. The minimum atomic E-state index is -0.851. The van der Waals surface area contributed by atoms with Crippen molar-refractivity contribution in [2.75, 3.05) is 13.2 Å². The SMILES string of the molecule is C=CC(=O)OCCCCCCOC(=O)Oc1ccc(C(=O)Oc2ccc(C(=O)Oc3ccc(C)cc3)cc2)cc1. The Hall–Kier alpha value is -4.92. The van der Waals surface area contributed by atoms with Crippen LogP contribution in [-0.4, -0.2) is 37.3 Å². The summed E-state index contributed by atoms with van der Waals surface area (Å²) in [6, 6.07) is 18.9. The van der Waals surface area contributed by atoms with Gasteiger partial charge in [0, 0.05) is 6.08 Å². The third kappa shape index (κ3) is 10.1. The van der Waals surface area contributed by atoms with Gasteiger partial charge in [-0.15, -0.1) is 0 Å². The van der Waals surface area contributed by atoms with Crippen molar-refractivity contribution in [1.82, 2.24) is 0 Å². The third-order valence-corrected chi connectivity index (χ3v) is 5.49. The number of benzene rings is 3. The Bertz CT molecular complexity index is 1290. The molecule has 0 saturated carbocycles. The maximum Gasteiger partial charge on any atom is 0.513 e. The Morgan fingerprint density at radius 2 is 1.02 bits per heavy atom. The van der Waals surface area contributed by atoms with Crippen LogP contribution in [0.2, 0.25) is 0 Å². The number of carbonyl (C=O) groups is 4. The zero-order valence-electron chi connectivity index (χ0n) is 22.1. The zero-order chi connectivity index (χ0) is 28.7. The number of hydrogen-bond acceptors (Lipinski definition) is 9. The molecule has 0 heterocycles. The van der Waals surface area contributed by atoms with Gasteiger partial charge >= 0.3 is 24.1 Å². The van der Waals surface area contributed by atoms with Crippen LogP contribution in [0.25, 0.3) is 0 Å². The van der Waals surface area contributed by atoms with E-state index in [2.05, 4.69) is 6.58 Å². The predicted octanol–water partition coefficient (Wildman–Crippen LogP) is 6.24. The van der Waals surface area contributed by atoms with Gasteiger partial charge in [0.05, 0.1) is 24.3 Å². The van der Waals surface area contributed by atoms with Gasteiger partial charge in [0.25, 0.3) is 0 Å². The number of hydrogen-bond donors (Lipinski definition) is 0. The summed E-state index contributed by atoms with van der Waals surface area (Å²) in [7, 11) is 0. The lowest BCUT2D eigenvalue weighted by molar-refractivity contribution is -0.137. The van der Waals surface area contributed by atoms with Crippen LogP contribution in [0, 0.1) is 6.92 Å². The van der Waals surface area contributed by atoms with Crippen LogP contribution >= 0.6 is 0 Å². The molecule has 40 heavy (non-hydrogen) atoms. The van der Waals surface area contributed by atoms with E-state index in [1.165, 1.54) is 48.5 Å². The molecule has 0 aliphatic rings. The molecular weight excluding hydrogens is 516 g/mol. The van der Waals surface area contributed by atoms with E-state index in [1.807, 2.05) is 19.1 Å². The van der Waals surface area contributed by atoms with Gasteiger partial charge in [0.1, 0.15) is 17.2 Å². The molecule has 0 fully saturated rings. The van der Waals surface area contributed by atoms with E-state index in [-0.39, 0.29) is 23.7 Å². The van der Waals surface area contributed by atoms with Gasteiger partial charge in [-0.2, -0.15) is 0 Å². The lowest BCUT2D eigenvalue weighted by atomic mass is 10.2. The molecule has 0 amide bonds. The van der Waals surface area contributed by atoms with Crippen LogP contribution in [-0.2, 0) is 14.3 Å². The van der Waals surface area contributed by atoms with Gasteiger partial charge in [0.15, 0.2) is 0 Å². The van der Waals surface area contributed by atoms with Crippen molar-refractivity contribution in [3.05, 3.63) is 102 Å². The molecule has 0 bridgehead atoms. The van der Waals surface area contributed by atoms with Gasteiger partial charge in [-0.25, -0.2) is 19.2 Å². The zero-order valence-corrected chi connectivity index (χ0v) is 22.1. The molecule has 3 rings (SSSR count). The van der Waals surface area contributed by atoms with Crippen molar-refractivity contribution in [1.29, 1.82) is 0 Å². The Labute approximate surface area is 232 Å². The highest BCUT2D eigenvalue weighted by molar-refractivity contribution is 5.92. The Balaban J connectivity index is 1.37. The molecule has 0 aliphatic heterocycles. The number of unbranched alkanes of at least 4 members (excludes halogenated alkanes) is 3. The number of esters is 3. The van der Waals surface area contributed by atoms with Crippen molar-refractivity contribution in [2.24, 2.45) is 0 Å². The predicted molar refractivity (Wildman–Crippen MR) is 146 cm³/mol. The van der Waals surface area contributed by atoms with Crippen molar-refractivity contribution < 1.29 is 42.9 Å². The first kappa shape index (κ1) is 29.6. The molecule has 0 N–H and O–H groups in total. The molecule has 0 aliphatic carbocycles. The van der Waals surface area contributed by atoms with E-state index in [9.17, 15) is 19.2 Å². The highest BCUT2D eigenvalue weighted by Gasteiger charge is 2.13. The van der Waals surface area contributed by atoms with E-state index in [1.54, 1.807) is 12.1 Å². The fraction of sp³-hybridized carbons (Fsp3) is 0.226. The van der Waals surface area contributed by atoms with Crippen LogP contribution in [0.15, 0.2) is 85.5 Å². The topological polar surface area (TPSA) is 114 Å². The number of aryl methyl sites for hydroxylation is 1. The highest BCUT2D eigenvalue weighted by Crippen LogP contribution is 2.19. The monoisotopic (exact) mass is 546 g/mol. The minimum Gasteiger partial charge on any atom is -0.463 e. The standard InChI is InChI=1S/C31H30O9/c1-3-28(32)36-20-6-4-5-7-21-37-31(35)40-27-18-12-24(13-19-27)30(34)39-26-16-10-23(11-17-26)29(33)38-25-14-8-22(2)9-15-25/h3,8-19H,1,4-7,20-21H2,2H3. The Kier molecular flexibility index (Phi) is 11.5. The minimum absolute atomic E-state index is 0.193. The largest absolute Gasteiger partial charge is 0.513 e.